The summed E-state index contributed by atoms with van der Waals surface area (Å²) in [6, 6.07) is 23.2. The van der Waals surface area contributed by atoms with E-state index in [1.165, 1.54) is 12.8 Å². The van der Waals surface area contributed by atoms with Crippen molar-refractivity contribution in [2.75, 3.05) is 192 Å². The minimum absolute atomic E-state index is 0.00986. The van der Waals surface area contributed by atoms with Crippen LogP contribution in [0.15, 0.2) is 72.8 Å². The quantitative estimate of drug-likeness (QED) is 0.0334. The third kappa shape index (κ3) is 27.2. The molecule has 4 saturated heterocycles. The van der Waals surface area contributed by atoms with Crippen molar-refractivity contribution in [3.8, 4) is 57.8 Å². The number of methoxy groups -OCH3 is 2. The van der Waals surface area contributed by atoms with Gasteiger partial charge in [0, 0.05) is 157 Å². The van der Waals surface area contributed by atoms with E-state index in [1.807, 2.05) is 116 Å². The fraction of sp³-hybridized carbons (Fsp3) is 0.581. The average molecular weight is 1660 g/mol. The summed E-state index contributed by atoms with van der Waals surface area (Å²) >= 11 is 26.7. The lowest BCUT2D eigenvalue weighted by atomic mass is 10.1. The van der Waals surface area contributed by atoms with Crippen LogP contribution in [0.2, 0.25) is 20.1 Å². The normalized spacial score (nSPS) is 16.5. The second-order valence-corrected chi connectivity index (χ2v) is 31.5. The monoisotopic (exact) mass is 1660 g/mol. The molecule has 4 aromatic heterocycles. The van der Waals surface area contributed by atoms with Crippen LogP contribution in [-0.2, 0) is 41.3 Å². The van der Waals surface area contributed by atoms with Gasteiger partial charge in [0.05, 0.1) is 94.9 Å². The van der Waals surface area contributed by atoms with Crippen LogP contribution in [0.5, 0.6) is 57.8 Å². The van der Waals surface area contributed by atoms with Gasteiger partial charge < -0.3 is 75.8 Å². The lowest BCUT2D eigenvalue weighted by Gasteiger charge is -2.26. The van der Waals surface area contributed by atoms with E-state index in [0.717, 1.165) is 231 Å². The van der Waals surface area contributed by atoms with Gasteiger partial charge in [0.25, 0.3) is 0 Å². The molecule has 0 unspecified atom stereocenters. The second kappa shape index (κ2) is 45.3. The standard InChI is InChI=1S/C22H31ClN2O4.C22H29ClN2O3.C21H29ClN2O5.C21H27ClN2O4/c1-16(2)29-20-15-17(5-4-11-26-3)24-22-18(20)6-7-19(21(22)23)28-14-10-25-8-12-27-13-9-25;1-15(2)28-20-14-17(13-16-3-4-16)24-22-18(20)5-6-19(21(22)23)27-12-9-25-7-10-26-11-8-25;1-15(2)29-18-14-19(28-13-12-25-3)23-21-16(18)4-5-17(20(21)22)27-11-8-24-6-9-26-10-7-24;1-14(2)27-18-13-19(28-15-3-4-15)23-21-16(18)5-6-17(20(21)22)26-12-9-24-7-10-25-11-8-24/h6-7,15-16H,4-5,8-14H2,1-3H3;5-6,14-16H,3-4,7-13H2,1-2H3;4-5,14-15H,6-13H2,1-3H3;5-6,13-15H,3-4,7-12H2,1-2H3. The molecule has 0 amide bonds. The Balaban J connectivity index is 0.000000150. The average Bonchev–Trinajstić information content (AvgIpc) is 1.61. The number of benzene rings is 4. The van der Waals surface area contributed by atoms with Gasteiger partial charge in [-0.25, -0.2) is 9.97 Å². The van der Waals surface area contributed by atoms with E-state index in [2.05, 4.69) is 35.6 Å². The minimum Gasteiger partial charge on any atom is -0.491 e. The maximum absolute atomic E-state index is 6.72. The summed E-state index contributed by atoms with van der Waals surface area (Å²) in [7, 11) is 3.33. The molecule has 28 heteroatoms. The van der Waals surface area contributed by atoms with E-state index < -0.39 is 0 Å². The summed E-state index contributed by atoms with van der Waals surface area (Å²) in [5.41, 5.74) is 4.75. The number of pyridine rings is 4. The molecule has 2 saturated carbocycles. The number of hydrogen-bond acceptors (Lipinski definition) is 24. The van der Waals surface area contributed by atoms with Crippen LogP contribution in [0.4, 0.5) is 0 Å². The summed E-state index contributed by atoms with van der Waals surface area (Å²) in [4.78, 5) is 28.2. The first-order chi connectivity index (χ1) is 55.4. The summed E-state index contributed by atoms with van der Waals surface area (Å²) in [6.45, 7) is 37.1. The zero-order chi connectivity index (χ0) is 80.3. The molecule has 6 fully saturated rings. The fourth-order valence-corrected chi connectivity index (χ4v) is 14.2. The number of hydrogen-bond donors (Lipinski definition) is 0. The smallest absolute Gasteiger partial charge is 0.217 e. The maximum atomic E-state index is 6.72. The lowest BCUT2D eigenvalue weighted by Crippen LogP contribution is -2.38. The molecule has 0 N–H and O–H groups in total. The molecule has 0 bridgehead atoms. The van der Waals surface area contributed by atoms with Gasteiger partial charge >= 0.3 is 0 Å². The van der Waals surface area contributed by atoms with Crippen LogP contribution < -0.4 is 47.4 Å². The maximum Gasteiger partial charge on any atom is 0.217 e. The van der Waals surface area contributed by atoms with Crippen molar-refractivity contribution in [3.05, 3.63) is 104 Å². The molecule has 624 valence electrons. The highest BCUT2D eigenvalue weighted by Gasteiger charge is 2.28. The van der Waals surface area contributed by atoms with E-state index in [-0.39, 0.29) is 30.5 Å². The zero-order valence-corrected chi connectivity index (χ0v) is 71.1. The van der Waals surface area contributed by atoms with Crippen LogP contribution in [-0.4, -0.2) is 262 Å². The van der Waals surface area contributed by atoms with Crippen molar-refractivity contribution >= 4 is 90.0 Å². The molecule has 8 aromatic rings. The van der Waals surface area contributed by atoms with Crippen LogP contribution in [0.1, 0.15) is 98.9 Å². The molecule has 0 radical (unpaired) electrons. The molecule has 0 atom stereocenters. The van der Waals surface area contributed by atoms with E-state index in [1.54, 1.807) is 20.3 Å². The molecule has 4 aliphatic heterocycles. The number of fused-ring (bicyclic) bond motifs is 4. The van der Waals surface area contributed by atoms with Gasteiger partial charge in [-0.3, -0.25) is 29.6 Å². The SMILES string of the molecule is CC(C)Oc1cc(CC2CC2)nc2c(Cl)c(OCCN3CCOCC3)ccc12.CC(C)Oc1cc(OC2CC2)nc2c(Cl)c(OCCN3CCOCC3)ccc12.COCCCc1cc(OC(C)C)c2ccc(OCCN3CCOCC3)c(Cl)c2n1.COCCOc1cc(OC(C)C)c2ccc(OCCN3CCOCC3)c(Cl)c2n1. The molecule has 2 aliphatic carbocycles. The molecule has 6 aliphatic rings. The topological polar surface area (TPSA) is 212 Å². The molecular weight excluding hydrogens is 1540 g/mol. The Bertz CT molecular complexity index is 4040. The van der Waals surface area contributed by atoms with Crippen molar-refractivity contribution in [1.29, 1.82) is 0 Å². The Morgan fingerprint density at radius 1 is 0.360 bits per heavy atom. The lowest BCUT2D eigenvalue weighted by molar-refractivity contribution is 0.0322. The highest BCUT2D eigenvalue weighted by atomic mass is 35.5. The van der Waals surface area contributed by atoms with E-state index >= 15 is 0 Å². The van der Waals surface area contributed by atoms with Gasteiger partial charge in [0.15, 0.2) is 0 Å². The molecule has 14 rings (SSSR count). The van der Waals surface area contributed by atoms with Crippen molar-refractivity contribution < 1.29 is 75.8 Å². The highest BCUT2D eigenvalue weighted by molar-refractivity contribution is 6.38. The van der Waals surface area contributed by atoms with Crippen LogP contribution in [0, 0.1) is 5.92 Å². The second-order valence-electron chi connectivity index (χ2n) is 30.0. The number of aromatic nitrogens is 4. The minimum atomic E-state index is 0.00986. The number of aryl methyl sites for hydroxylation is 1. The zero-order valence-electron chi connectivity index (χ0n) is 68.1. The van der Waals surface area contributed by atoms with E-state index in [0.29, 0.717) is 118 Å². The van der Waals surface area contributed by atoms with E-state index in [4.69, 9.17) is 132 Å². The van der Waals surface area contributed by atoms with Crippen molar-refractivity contribution in [2.45, 2.75) is 131 Å². The molecule has 0 spiro atoms. The Morgan fingerprint density at radius 2 is 0.684 bits per heavy atom. The Kier molecular flexibility index (Phi) is 35.0. The summed E-state index contributed by atoms with van der Waals surface area (Å²) in [6.07, 6.45) is 7.87. The fourth-order valence-electron chi connectivity index (χ4n) is 13.1. The van der Waals surface area contributed by atoms with Crippen LogP contribution >= 0.6 is 46.4 Å². The largest absolute Gasteiger partial charge is 0.491 e. The molecule has 114 heavy (non-hydrogen) atoms. The summed E-state index contributed by atoms with van der Waals surface area (Å²) < 4.78 is 91.3. The Morgan fingerprint density at radius 3 is 1.03 bits per heavy atom. The summed E-state index contributed by atoms with van der Waals surface area (Å²) in [5.74, 6) is 7.41. The van der Waals surface area contributed by atoms with Crippen molar-refractivity contribution in [3.63, 3.8) is 0 Å². The predicted octanol–water partition coefficient (Wildman–Crippen LogP) is 15.6. The first-order valence-corrected chi connectivity index (χ1v) is 42.0. The third-order valence-corrected chi connectivity index (χ3v) is 20.8. The number of halogens is 4. The number of nitrogens with zero attached hydrogens (tertiary/aromatic N) is 8. The van der Waals surface area contributed by atoms with Crippen LogP contribution in [0.25, 0.3) is 43.6 Å². The van der Waals surface area contributed by atoms with Gasteiger partial charge in [-0.05, 0) is 155 Å². The third-order valence-electron chi connectivity index (χ3n) is 19.3. The first kappa shape index (κ1) is 88.1. The van der Waals surface area contributed by atoms with Gasteiger partial charge in [0.2, 0.25) is 11.8 Å². The molecule has 24 nitrogen and oxygen atoms in total. The van der Waals surface area contributed by atoms with Gasteiger partial charge in [-0.15, -0.1) is 0 Å². The van der Waals surface area contributed by atoms with Gasteiger partial charge in [-0.2, -0.15) is 0 Å². The molecule has 4 aromatic carbocycles. The van der Waals surface area contributed by atoms with Crippen molar-refractivity contribution in [2.24, 2.45) is 5.92 Å². The molecule has 8 heterocycles. The van der Waals surface area contributed by atoms with E-state index in [9.17, 15) is 0 Å². The predicted molar refractivity (Wildman–Crippen MR) is 449 cm³/mol. The Hall–Kier alpha value is -6.72. The highest BCUT2D eigenvalue weighted by Crippen LogP contribution is 2.44. The van der Waals surface area contributed by atoms with Gasteiger partial charge in [0.1, 0.15) is 116 Å². The number of ether oxygens (including phenoxy) is 16. The Labute approximate surface area is 692 Å². The first-order valence-electron chi connectivity index (χ1n) is 40.5. The van der Waals surface area contributed by atoms with Gasteiger partial charge in [-0.1, -0.05) is 46.4 Å². The summed E-state index contributed by atoms with van der Waals surface area (Å²) in [5, 5.41) is 5.59. The molecular formula is C86H116Cl4N8O16. The van der Waals surface area contributed by atoms with Crippen molar-refractivity contribution in [1.82, 2.24) is 39.5 Å². The number of morpholine rings is 4. The number of rotatable bonds is 36. The van der Waals surface area contributed by atoms with Crippen LogP contribution in [0.3, 0.4) is 0 Å².